The number of aromatic nitrogens is 1. The number of pyridine rings is 1. The zero-order valence-corrected chi connectivity index (χ0v) is 13.0. The lowest BCUT2D eigenvalue weighted by Crippen LogP contribution is -2.25. The minimum atomic E-state index is -4.52. The maximum absolute atomic E-state index is 12.9. The second-order valence-electron chi connectivity index (χ2n) is 5.71. The summed E-state index contributed by atoms with van der Waals surface area (Å²) in [5.41, 5.74) is 5.93. The fraction of sp³-hybridized carbons (Fsp3) is 0.353. The van der Waals surface area contributed by atoms with Gasteiger partial charge in [-0.1, -0.05) is 18.2 Å². The molecule has 0 bridgehead atoms. The van der Waals surface area contributed by atoms with E-state index in [0.29, 0.717) is 12.1 Å². The first kappa shape index (κ1) is 16.6. The van der Waals surface area contributed by atoms with Crippen LogP contribution in [-0.2, 0) is 12.7 Å². The highest BCUT2D eigenvalue weighted by atomic mass is 19.4. The normalized spacial score (nSPS) is 18.0. The third-order valence-corrected chi connectivity index (χ3v) is 3.94. The van der Waals surface area contributed by atoms with E-state index < -0.39 is 11.9 Å². The van der Waals surface area contributed by atoms with Crippen LogP contribution in [0.3, 0.4) is 0 Å². The van der Waals surface area contributed by atoms with E-state index in [4.69, 9.17) is 10.5 Å². The molecule has 0 spiro atoms. The summed E-state index contributed by atoms with van der Waals surface area (Å²) in [6.07, 6.45) is -3.99. The number of hydrogen-bond acceptors (Lipinski definition) is 4. The van der Waals surface area contributed by atoms with Gasteiger partial charge in [0.25, 0.3) is 0 Å². The van der Waals surface area contributed by atoms with Gasteiger partial charge in [0, 0.05) is 31.3 Å². The number of alkyl halides is 3. The third kappa shape index (κ3) is 3.79. The SMILES string of the molecule is NCc1cc(O[C@@H]2CCN(c3ccccc3)C2)nc(C(F)(F)F)c1. The summed E-state index contributed by atoms with van der Waals surface area (Å²) in [4.78, 5) is 5.73. The van der Waals surface area contributed by atoms with E-state index in [1.165, 1.54) is 6.07 Å². The zero-order chi connectivity index (χ0) is 17.2. The molecule has 0 unspecified atom stereocenters. The van der Waals surface area contributed by atoms with Gasteiger partial charge < -0.3 is 15.4 Å². The molecule has 1 aromatic heterocycles. The van der Waals surface area contributed by atoms with Gasteiger partial charge in [0.15, 0.2) is 0 Å². The van der Waals surface area contributed by atoms with Crippen LogP contribution in [0, 0.1) is 0 Å². The van der Waals surface area contributed by atoms with Gasteiger partial charge in [-0.3, -0.25) is 0 Å². The number of hydrogen-bond donors (Lipinski definition) is 1. The van der Waals surface area contributed by atoms with Crippen LogP contribution >= 0.6 is 0 Å². The van der Waals surface area contributed by atoms with Crippen LogP contribution in [0.2, 0.25) is 0 Å². The number of benzene rings is 1. The van der Waals surface area contributed by atoms with Crippen molar-refractivity contribution in [2.24, 2.45) is 5.73 Å². The first-order valence-corrected chi connectivity index (χ1v) is 7.70. The highest BCUT2D eigenvalue weighted by molar-refractivity contribution is 5.47. The Kier molecular flexibility index (Phi) is 4.62. The molecule has 7 heteroatoms. The largest absolute Gasteiger partial charge is 0.472 e. The molecule has 24 heavy (non-hydrogen) atoms. The van der Waals surface area contributed by atoms with Crippen LogP contribution in [0.15, 0.2) is 42.5 Å². The fourth-order valence-corrected chi connectivity index (χ4v) is 2.75. The summed E-state index contributed by atoms with van der Waals surface area (Å²) < 4.78 is 44.4. The molecule has 1 aromatic carbocycles. The highest BCUT2D eigenvalue weighted by Crippen LogP contribution is 2.31. The van der Waals surface area contributed by atoms with Crippen molar-refractivity contribution >= 4 is 5.69 Å². The molecule has 1 atom stereocenters. The van der Waals surface area contributed by atoms with Gasteiger partial charge in [0.05, 0.1) is 6.54 Å². The lowest BCUT2D eigenvalue weighted by atomic mass is 10.2. The van der Waals surface area contributed by atoms with Crippen molar-refractivity contribution in [1.29, 1.82) is 0 Å². The summed E-state index contributed by atoms with van der Waals surface area (Å²) in [7, 11) is 0. The third-order valence-electron chi connectivity index (χ3n) is 3.94. The van der Waals surface area contributed by atoms with E-state index >= 15 is 0 Å². The zero-order valence-electron chi connectivity index (χ0n) is 13.0. The summed E-state index contributed by atoms with van der Waals surface area (Å²) in [6.45, 7) is 1.40. The molecule has 4 nitrogen and oxygen atoms in total. The molecule has 1 fully saturated rings. The quantitative estimate of drug-likeness (QED) is 0.931. The van der Waals surface area contributed by atoms with E-state index in [9.17, 15) is 13.2 Å². The second kappa shape index (κ2) is 6.68. The maximum Gasteiger partial charge on any atom is 0.433 e. The number of para-hydroxylation sites is 1. The van der Waals surface area contributed by atoms with Crippen molar-refractivity contribution in [2.75, 3.05) is 18.0 Å². The fourth-order valence-electron chi connectivity index (χ4n) is 2.75. The Hall–Kier alpha value is -2.28. The van der Waals surface area contributed by atoms with Gasteiger partial charge in [0.1, 0.15) is 11.8 Å². The van der Waals surface area contributed by atoms with Crippen molar-refractivity contribution in [3.8, 4) is 5.88 Å². The number of ether oxygens (including phenoxy) is 1. The summed E-state index contributed by atoms with van der Waals surface area (Å²) in [5.74, 6) is -0.0230. The van der Waals surface area contributed by atoms with E-state index in [-0.39, 0.29) is 18.5 Å². The van der Waals surface area contributed by atoms with Crippen LogP contribution in [0.25, 0.3) is 0 Å². The van der Waals surface area contributed by atoms with Crippen molar-refractivity contribution in [2.45, 2.75) is 25.2 Å². The van der Waals surface area contributed by atoms with E-state index in [1.54, 1.807) is 0 Å². The van der Waals surface area contributed by atoms with Gasteiger partial charge in [-0.2, -0.15) is 13.2 Å². The van der Waals surface area contributed by atoms with Gasteiger partial charge in [-0.05, 0) is 23.8 Å². The van der Waals surface area contributed by atoms with E-state index in [1.807, 2.05) is 30.3 Å². The lowest BCUT2D eigenvalue weighted by Gasteiger charge is -2.19. The average molecular weight is 337 g/mol. The number of nitrogens with two attached hydrogens (primary N) is 1. The standard InChI is InChI=1S/C17H18F3N3O/c18-17(19,20)15-8-12(10-21)9-16(22-15)24-14-6-7-23(11-14)13-4-2-1-3-5-13/h1-5,8-9,14H,6-7,10-11,21H2/t14-/m1/s1. The van der Waals surface area contributed by atoms with Crippen LogP contribution in [0.4, 0.5) is 18.9 Å². The molecule has 0 radical (unpaired) electrons. The van der Waals surface area contributed by atoms with Crippen LogP contribution in [0.5, 0.6) is 5.88 Å². The van der Waals surface area contributed by atoms with Gasteiger partial charge >= 0.3 is 6.18 Å². The number of halogens is 3. The first-order valence-electron chi connectivity index (χ1n) is 7.70. The number of rotatable bonds is 4. The van der Waals surface area contributed by atoms with Crippen molar-refractivity contribution < 1.29 is 17.9 Å². The monoisotopic (exact) mass is 337 g/mol. The van der Waals surface area contributed by atoms with Crippen molar-refractivity contribution in [3.05, 3.63) is 53.7 Å². The molecule has 0 aliphatic carbocycles. The Morgan fingerprint density at radius 2 is 1.96 bits per heavy atom. The van der Waals surface area contributed by atoms with Crippen LogP contribution in [-0.4, -0.2) is 24.2 Å². The minimum absolute atomic E-state index is 0.00275. The number of nitrogens with zero attached hydrogens (tertiary/aromatic N) is 2. The Morgan fingerprint density at radius 3 is 2.62 bits per heavy atom. The molecule has 0 amide bonds. The average Bonchev–Trinajstić information content (AvgIpc) is 3.03. The molecule has 128 valence electrons. The summed E-state index contributed by atoms with van der Waals surface area (Å²) in [5, 5.41) is 0. The Labute approximate surface area is 138 Å². The maximum atomic E-state index is 12.9. The smallest absolute Gasteiger partial charge is 0.433 e. The van der Waals surface area contributed by atoms with Crippen LogP contribution in [0.1, 0.15) is 17.7 Å². The predicted octanol–water partition coefficient (Wildman–Crippen LogP) is 3.22. The second-order valence-corrected chi connectivity index (χ2v) is 5.71. The van der Waals surface area contributed by atoms with E-state index in [0.717, 1.165) is 24.7 Å². The lowest BCUT2D eigenvalue weighted by molar-refractivity contribution is -0.141. The Balaban J connectivity index is 1.72. The summed E-state index contributed by atoms with van der Waals surface area (Å²) >= 11 is 0. The molecular weight excluding hydrogens is 319 g/mol. The molecule has 3 rings (SSSR count). The molecule has 2 N–H and O–H groups in total. The molecule has 2 heterocycles. The van der Waals surface area contributed by atoms with Crippen molar-refractivity contribution in [3.63, 3.8) is 0 Å². The van der Waals surface area contributed by atoms with Crippen molar-refractivity contribution in [1.82, 2.24) is 4.98 Å². The molecule has 1 saturated heterocycles. The molecule has 2 aromatic rings. The number of anilines is 1. The highest BCUT2D eigenvalue weighted by Gasteiger charge is 2.34. The Morgan fingerprint density at radius 1 is 1.21 bits per heavy atom. The molecule has 1 aliphatic heterocycles. The van der Waals surface area contributed by atoms with Gasteiger partial charge in [0.2, 0.25) is 5.88 Å². The van der Waals surface area contributed by atoms with Crippen LogP contribution < -0.4 is 15.4 Å². The topological polar surface area (TPSA) is 51.4 Å². The Bertz CT molecular complexity index is 691. The predicted molar refractivity (Wildman–Crippen MR) is 84.8 cm³/mol. The minimum Gasteiger partial charge on any atom is -0.472 e. The molecule has 1 aliphatic rings. The first-order chi connectivity index (χ1) is 11.5. The van der Waals surface area contributed by atoms with Gasteiger partial charge in [-0.25, -0.2) is 4.98 Å². The molecular formula is C17H18F3N3O. The molecule has 0 saturated carbocycles. The van der Waals surface area contributed by atoms with E-state index in [2.05, 4.69) is 9.88 Å². The summed E-state index contributed by atoms with van der Waals surface area (Å²) in [6, 6.07) is 12.3. The van der Waals surface area contributed by atoms with Gasteiger partial charge in [-0.15, -0.1) is 0 Å².